The number of likely N-dealkylation sites (tertiary alicyclic amines) is 1. The number of halogens is 2. The van der Waals surface area contributed by atoms with Crippen LogP contribution in [0.5, 0.6) is 0 Å². The van der Waals surface area contributed by atoms with Gasteiger partial charge in [-0.2, -0.15) is 0 Å². The van der Waals surface area contributed by atoms with Crippen molar-refractivity contribution in [3.05, 3.63) is 34.1 Å². The lowest BCUT2D eigenvalue weighted by atomic mass is 9.94. The molecular weight excluding hydrogens is 377 g/mol. The van der Waals surface area contributed by atoms with Crippen LogP contribution in [0.3, 0.4) is 0 Å². The number of fused-ring (bicyclic) bond motifs is 1. The molecule has 0 radical (unpaired) electrons. The number of amides is 1. The van der Waals surface area contributed by atoms with E-state index in [-0.39, 0.29) is 23.6 Å². The van der Waals surface area contributed by atoms with E-state index in [1.54, 1.807) is 17.0 Å². The first-order valence-corrected chi connectivity index (χ1v) is 9.15. The Labute approximate surface area is 149 Å². The highest BCUT2D eigenvalue weighted by Crippen LogP contribution is 2.42. The third kappa shape index (κ3) is 3.21. The SMILES string of the molecule is CC(Cc1ccc(F)c(Br)c1)C(=O)N1CC2CCCC2C1C(=O)O. The fraction of sp³-hybridized carbons (Fsp3) is 0.556. The first kappa shape index (κ1) is 17.4. The van der Waals surface area contributed by atoms with Crippen molar-refractivity contribution in [2.24, 2.45) is 17.8 Å². The highest BCUT2D eigenvalue weighted by molar-refractivity contribution is 9.10. The Balaban J connectivity index is 1.72. The lowest BCUT2D eigenvalue weighted by Crippen LogP contribution is -2.45. The van der Waals surface area contributed by atoms with Gasteiger partial charge in [0.1, 0.15) is 11.9 Å². The van der Waals surface area contributed by atoms with E-state index in [9.17, 15) is 19.1 Å². The van der Waals surface area contributed by atoms with E-state index >= 15 is 0 Å². The first-order valence-electron chi connectivity index (χ1n) is 8.35. The lowest BCUT2D eigenvalue weighted by Gasteiger charge is -2.27. The Morgan fingerprint density at radius 1 is 1.42 bits per heavy atom. The second kappa shape index (κ2) is 6.82. The van der Waals surface area contributed by atoms with E-state index in [0.29, 0.717) is 23.4 Å². The summed E-state index contributed by atoms with van der Waals surface area (Å²) in [5, 5.41) is 9.58. The van der Waals surface area contributed by atoms with Gasteiger partial charge in [-0.05, 0) is 64.7 Å². The number of nitrogens with zero attached hydrogens (tertiary/aromatic N) is 1. The zero-order valence-corrected chi connectivity index (χ0v) is 15.1. The molecule has 1 heterocycles. The van der Waals surface area contributed by atoms with Gasteiger partial charge in [-0.3, -0.25) is 4.79 Å². The summed E-state index contributed by atoms with van der Waals surface area (Å²) in [6, 6.07) is 4.02. The quantitative estimate of drug-likeness (QED) is 0.845. The lowest BCUT2D eigenvalue weighted by molar-refractivity contribution is -0.151. The molecule has 1 amide bonds. The number of hydrogen-bond donors (Lipinski definition) is 1. The Morgan fingerprint density at radius 3 is 2.83 bits per heavy atom. The maximum absolute atomic E-state index is 13.3. The molecule has 1 aliphatic heterocycles. The van der Waals surface area contributed by atoms with Gasteiger partial charge in [-0.15, -0.1) is 0 Å². The molecule has 0 bridgehead atoms. The number of rotatable bonds is 4. The summed E-state index contributed by atoms with van der Waals surface area (Å²) in [6.07, 6.45) is 3.43. The van der Waals surface area contributed by atoms with Gasteiger partial charge < -0.3 is 10.0 Å². The molecule has 1 aliphatic carbocycles. The Kier molecular flexibility index (Phi) is 4.95. The van der Waals surface area contributed by atoms with Crippen LogP contribution in [-0.2, 0) is 16.0 Å². The summed E-state index contributed by atoms with van der Waals surface area (Å²) >= 11 is 3.15. The molecule has 1 saturated carbocycles. The number of hydrogen-bond acceptors (Lipinski definition) is 2. The van der Waals surface area contributed by atoms with Crippen molar-refractivity contribution in [1.82, 2.24) is 4.90 Å². The number of carboxylic acid groups (broad SMARTS) is 1. The van der Waals surface area contributed by atoms with E-state index in [0.717, 1.165) is 24.8 Å². The zero-order valence-electron chi connectivity index (χ0n) is 13.5. The van der Waals surface area contributed by atoms with Gasteiger partial charge in [-0.25, -0.2) is 9.18 Å². The van der Waals surface area contributed by atoms with Crippen molar-refractivity contribution in [3.8, 4) is 0 Å². The molecule has 1 saturated heterocycles. The minimum atomic E-state index is -0.894. The summed E-state index contributed by atoms with van der Waals surface area (Å²) in [7, 11) is 0. The fourth-order valence-corrected chi connectivity index (χ4v) is 4.67. The van der Waals surface area contributed by atoms with Crippen molar-refractivity contribution < 1.29 is 19.1 Å². The number of carbonyl (C=O) groups is 2. The molecule has 3 rings (SSSR count). The first-order chi connectivity index (χ1) is 11.4. The molecule has 4 nitrogen and oxygen atoms in total. The van der Waals surface area contributed by atoms with Crippen LogP contribution in [0, 0.1) is 23.6 Å². The average Bonchev–Trinajstić information content (AvgIpc) is 3.10. The smallest absolute Gasteiger partial charge is 0.326 e. The van der Waals surface area contributed by atoms with Crippen LogP contribution in [0.4, 0.5) is 4.39 Å². The average molecular weight is 398 g/mol. The maximum Gasteiger partial charge on any atom is 0.326 e. The summed E-state index contributed by atoms with van der Waals surface area (Å²) in [4.78, 5) is 26.1. The van der Waals surface area contributed by atoms with Crippen LogP contribution < -0.4 is 0 Å². The van der Waals surface area contributed by atoms with Crippen LogP contribution in [0.15, 0.2) is 22.7 Å². The molecular formula is C18H21BrFNO3. The van der Waals surface area contributed by atoms with Gasteiger partial charge in [-0.1, -0.05) is 19.4 Å². The van der Waals surface area contributed by atoms with Gasteiger partial charge in [0.05, 0.1) is 4.47 Å². The van der Waals surface area contributed by atoms with Crippen LogP contribution in [0.2, 0.25) is 0 Å². The molecule has 2 fully saturated rings. The largest absolute Gasteiger partial charge is 0.480 e. The van der Waals surface area contributed by atoms with Gasteiger partial charge in [0.2, 0.25) is 5.91 Å². The molecule has 4 unspecified atom stereocenters. The van der Waals surface area contributed by atoms with Gasteiger partial charge in [0, 0.05) is 12.5 Å². The fourth-order valence-electron chi connectivity index (χ4n) is 4.24. The van der Waals surface area contributed by atoms with E-state index in [1.807, 2.05) is 6.92 Å². The topological polar surface area (TPSA) is 57.6 Å². The van der Waals surface area contributed by atoms with Crippen molar-refractivity contribution in [2.75, 3.05) is 6.54 Å². The molecule has 0 spiro atoms. The van der Waals surface area contributed by atoms with Crippen LogP contribution >= 0.6 is 15.9 Å². The second-order valence-electron chi connectivity index (χ2n) is 6.98. The van der Waals surface area contributed by atoms with Gasteiger partial charge >= 0.3 is 5.97 Å². The number of carboxylic acids is 1. The van der Waals surface area contributed by atoms with Gasteiger partial charge in [0.15, 0.2) is 0 Å². The molecule has 2 aliphatic rings. The van der Waals surface area contributed by atoms with Crippen molar-refractivity contribution >= 4 is 27.8 Å². The predicted octanol–water partition coefficient (Wildman–Crippen LogP) is 3.48. The van der Waals surface area contributed by atoms with Crippen LogP contribution in [-0.4, -0.2) is 34.5 Å². The monoisotopic (exact) mass is 397 g/mol. The summed E-state index contributed by atoms with van der Waals surface area (Å²) in [5.74, 6) is -1.26. The molecule has 4 atom stereocenters. The van der Waals surface area contributed by atoms with Gasteiger partial charge in [0.25, 0.3) is 0 Å². The second-order valence-corrected chi connectivity index (χ2v) is 7.84. The van der Waals surface area contributed by atoms with Crippen LogP contribution in [0.1, 0.15) is 31.7 Å². The Hall–Kier alpha value is -1.43. The summed E-state index contributed by atoms with van der Waals surface area (Å²) in [6.45, 7) is 2.37. The van der Waals surface area contributed by atoms with E-state index < -0.39 is 12.0 Å². The molecule has 1 aromatic rings. The molecule has 24 heavy (non-hydrogen) atoms. The number of aliphatic carboxylic acids is 1. The maximum atomic E-state index is 13.3. The molecule has 1 aromatic carbocycles. The standard InChI is InChI=1S/C18H21BrFNO3/c1-10(7-11-5-6-15(20)14(19)8-11)17(22)21-9-12-3-2-4-13(12)16(21)18(23)24/h5-6,8,10,12-13,16H,2-4,7,9H2,1H3,(H,23,24). The van der Waals surface area contributed by atoms with Crippen molar-refractivity contribution in [1.29, 1.82) is 0 Å². The summed E-state index contributed by atoms with van der Waals surface area (Å²) in [5.41, 5.74) is 0.857. The number of carbonyl (C=O) groups excluding carboxylic acids is 1. The van der Waals surface area contributed by atoms with Crippen LogP contribution in [0.25, 0.3) is 0 Å². The normalized spacial score (nSPS) is 27.1. The molecule has 130 valence electrons. The summed E-state index contributed by atoms with van der Waals surface area (Å²) < 4.78 is 13.7. The van der Waals surface area contributed by atoms with Crippen molar-refractivity contribution in [3.63, 3.8) is 0 Å². The van der Waals surface area contributed by atoms with E-state index in [4.69, 9.17) is 0 Å². The third-order valence-corrected chi connectivity index (χ3v) is 5.98. The molecule has 6 heteroatoms. The van der Waals surface area contributed by atoms with E-state index in [1.165, 1.54) is 6.07 Å². The molecule has 1 N–H and O–H groups in total. The Bertz CT molecular complexity index is 666. The Morgan fingerprint density at radius 2 is 2.17 bits per heavy atom. The molecule has 0 aromatic heterocycles. The van der Waals surface area contributed by atoms with E-state index in [2.05, 4.69) is 15.9 Å². The zero-order chi connectivity index (χ0) is 17.4. The predicted molar refractivity (Wildman–Crippen MR) is 90.9 cm³/mol. The number of benzene rings is 1. The van der Waals surface area contributed by atoms with Crippen molar-refractivity contribution in [2.45, 2.75) is 38.6 Å². The minimum Gasteiger partial charge on any atom is -0.480 e. The minimum absolute atomic E-state index is 0.0959. The highest BCUT2D eigenvalue weighted by atomic mass is 79.9. The third-order valence-electron chi connectivity index (χ3n) is 5.37. The highest BCUT2D eigenvalue weighted by Gasteiger charge is 2.49.